The van der Waals surface area contributed by atoms with Crippen molar-refractivity contribution in [3.8, 4) is 0 Å². The molecule has 1 saturated heterocycles. The Hall–Kier alpha value is -1.03. The lowest BCUT2D eigenvalue weighted by molar-refractivity contribution is 0.481. The molecule has 4 heteroatoms. The lowest BCUT2D eigenvalue weighted by Gasteiger charge is -2.07. The van der Waals surface area contributed by atoms with Crippen LogP contribution in [0.4, 0.5) is 6.01 Å². The fourth-order valence-electron chi connectivity index (χ4n) is 2.77. The number of aromatic nitrogens is 1. The Labute approximate surface area is 102 Å². The number of nitrogens with one attached hydrogen (secondary N) is 2. The topological polar surface area (TPSA) is 50.1 Å². The molecule has 1 unspecified atom stereocenters. The van der Waals surface area contributed by atoms with E-state index in [0.29, 0.717) is 0 Å². The molecule has 4 nitrogen and oxygen atoms in total. The van der Waals surface area contributed by atoms with Gasteiger partial charge in [-0.25, -0.2) is 0 Å². The van der Waals surface area contributed by atoms with Crippen LogP contribution in [-0.4, -0.2) is 24.6 Å². The number of hydrogen-bond acceptors (Lipinski definition) is 4. The molecule has 94 valence electrons. The summed E-state index contributed by atoms with van der Waals surface area (Å²) in [6, 6.07) is 0.739. The van der Waals surface area contributed by atoms with E-state index in [1.54, 1.807) is 0 Å². The van der Waals surface area contributed by atoms with Crippen LogP contribution in [0.3, 0.4) is 0 Å². The van der Waals surface area contributed by atoms with Crippen molar-refractivity contribution in [3.63, 3.8) is 0 Å². The van der Waals surface area contributed by atoms with Crippen LogP contribution in [0.2, 0.25) is 0 Å². The second kappa shape index (κ2) is 5.08. The Morgan fingerprint density at radius 2 is 2.29 bits per heavy atom. The van der Waals surface area contributed by atoms with Gasteiger partial charge in [0.1, 0.15) is 5.76 Å². The average molecular weight is 235 g/mol. The summed E-state index contributed by atoms with van der Waals surface area (Å²) in [6.45, 7) is 3.33. The van der Waals surface area contributed by atoms with E-state index < -0.39 is 0 Å². The molecule has 1 aromatic rings. The Bertz CT molecular complexity index is 345. The lowest BCUT2D eigenvalue weighted by Crippen LogP contribution is -2.12. The number of aryl methyl sites for hydroxylation is 2. The molecule has 2 N–H and O–H groups in total. The molecule has 3 rings (SSSR count). The third-order valence-corrected chi connectivity index (χ3v) is 3.84. The van der Waals surface area contributed by atoms with Gasteiger partial charge in [0.2, 0.25) is 0 Å². The third kappa shape index (κ3) is 2.63. The molecule has 0 saturated carbocycles. The van der Waals surface area contributed by atoms with Crippen LogP contribution in [0.15, 0.2) is 4.42 Å². The Balaban J connectivity index is 1.49. The molecule has 2 aliphatic rings. The highest BCUT2D eigenvalue weighted by Crippen LogP contribution is 2.24. The van der Waals surface area contributed by atoms with E-state index in [9.17, 15) is 0 Å². The minimum absolute atomic E-state index is 0.739. The molecule has 1 atom stereocenters. The van der Waals surface area contributed by atoms with Gasteiger partial charge in [-0.1, -0.05) is 0 Å². The number of fused-ring (bicyclic) bond motifs is 1. The van der Waals surface area contributed by atoms with E-state index in [-0.39, 0.29) is 0 Å². The number of rotatable bonds is 4. The van der Waals surface area contributed by atoms with Crippen LogP contribution in [0.25, 0.3) is 0 Å². The van der Waals surface area contributed by atoms with E-state index in [1.807, 2.05) is 0 Å². The Kier molecular flexibility index (Phi) is 3.31. The van der Waals surface area contributed by atoms with Crippen LogP contribution in [0, 0.1) is 5.92 Å². The lowest BCUT2D eigenvalue weighted by atomic mass is 10.0. The van der Waals surface area contributed by atoms with E-state index in [2.05, 4.69) is 15.6 Å². The highest BCUT2D eigenvalue weighted by molar-refractivity contribution is 5.26. The molecular formula is C13H21N3O. The van der Waals surface area contributed by atoms with Gasteiger partial charge in [0.25, 0.3) is 6.01 Å². The largest absolute Gasteiger partial charge is 0.428 e. The van der Waals surface area contributed by atoms with Crippen LogP contribution in [-0.2, 0) is 12.8 Å². The maximum absolute atomic E-state index is 5.73. The van der Waals surface area contributed by atoms with Crippen molar-refractivity contribution in [1.82, 2.24) is 10.3 Å². The van der Waals surface area contributed by atoms with Crippen molar-refractivity contribution < 1.29 is 4.42 Å². The standard InChI is InChI=1S/C13H21N3O/c1-2-4-12-11(3-1)16-13(17-12)15-8-6-10-5-7-14-9-10/h10,14H,1-9H2,(H,15,16). The van der Waals surface area contributed by atoms with E-state index >= 15 is 0 Å². The average Bonchev–Trinajstić information content (AvgIpc) is 2.96. The molecule has 0 amide bonds. The zero-order valence-corrected chi connectivity index (χ0v) is 10.3. The van der Waals surface area contributed by atoms with Gasteiger partial charge < -0.3 is 15.1 Å². The summed E-state index contributed by atoms with van der Waals surface area (Å²) < 4.78 is 5.73. The summed E-state index contributed by atoms with van der Waals surface area (Å²) in [6.07, 6.45) is 7.18. The van der Waals surface area contributed by atoms with Crippen molar-refractivity contribution in [2.75, 3.05) is 25.0 Å². The maximum Gasteiger partial charge on any atom is 0.295 e. The Morgan fingerprint density at radius 1 is 1.35 bits per heavy atom. The summed E-state index contributed by atoms with van der Waals surface area (Å²) in [5, 5.41) is 6.72. The third-order valence-electron chi connectivity index (χ3n) is 3.84. The highest BCUT2D eigenvalue weighted by Gasteiger charge is 2.17. The molecular weight excluding hydrogens is 214 g/mol. The molecule has 1 fully saturated rings. The predicted octanol–water partition coefficient (Wildman–Crippen LogP) is 1.96. The van der Waals surface area contributed by atoms with Gasteiger partial charge in [0, 0.05) is 13.0 Å². The van der Waals surface area contributed by atoms with Gasteiger partial charge in [-0.15, -0.1) is 0 Å². The van der Waals surface area contributed by atoms with Gasteiger partial charge in [0.05, 0.1) is 5.69 Å². The molecule has 0 spiro atoms. The number of nitrogens with zero attached hydrogens (tertiary/aromatic N) is 1. The second-order valence-corrected chi connectivity index (χ2v) is 5.17. The monoisotopic (exact) mass is 235 g/mol. The molecule has 0 radical (unpaired) electrons. The minimum atomic E-state index is 0.739. The fraction of sp³-hybridized carbons (Fsp3) is 0.769. The molecule has 2 heterocycles. The van der Waals surface area contributed by atoms with E-state index in [4.69, 9.17) is 4.42 Å². The second-order valence-electron chi connectivity index (χ2n) is 5.17. The maximum atomic E-state index is 5.73. The molecule has 0 aromatic carbocycles. The Morgan fingerprint density at radius 3 is 3.12 bits per heavy atom. The van der Waals surface area contributed by atoms with Crippen molar-refractivity contribution in [3.05, 3.63) is 11.5 Å². The van der Waals surface area contributed by atoms with Crippen molar-refractivity contribution >= 4 is 6.01 Å². The van der Waals surface area contributed by atoms with Crippen molar-refractivity contribution in [2.24, 2.45) is 5.92 Å². The zero-order valence-electron chi connectivity index (χ0n) is 10.3. The van der Waals surface area contributed by atoms with E-state index in [0.717, 1.165) is 37.1 Å². The molecule has 1 aliphatic carbocycles. The molecule has 0 bridgehead atoms. The van der Waals surface area contributed by atoms with Gasteiger partial charge in [-0.3, -0.25) is 0 Å². The highest BCUT2D eigenvalue weighted by atomic mass is 16.4. The summed E-state index contributed by atoms with van der Waals surface area (Å²) >= 11 is 0. The van der Waals surface area contributed by atoms with Gasteiger partial charge in [-0.05, 0) is 51.1 Å². The predicted molar refractivity (Wildman–Crippen MR) is 67.2 cm³/mol. The smallest absolute Gasteiger partial charge is 0.295 e. The van der Waals surface area contributed by atoms with Crippen LogP contribution < -0.4 is 10.6 Å². The first-order chi connectivity index (χ1) is 8.42. The first kappa shape index (κ1) is 11.1. The number of anilines is 1. The summed E-state index contributed by atoms with van der Waals surface area (Å²) in [5.41, 5.74) is 1.18. The van der Waals surface area contributed by atoms with Crippen LogP contribution in [0.1, 0.15) is 37.1 Å². The molecule has 1 aromatic heterocycles. The number of hydrogen-bond donors (Lipinski definition) is 2. The zero-order chi connectivity index (χ0) is 11.5. The van der Waals surface area contributed by atoms with Gasteiger partial charge >= 0.3 is 0 Å². The van der Waals surface area contributed by atoms with E-state index in [1.165, 1.54) is 44.5 Å². The SMILES string of the molecule is C1CCc2oc(NCCC3CCNC3)nc2C1. The quantitative estimate of drug-likeness (QED) is 0.837. The minimum Gasteiger partial charge on any atom is -0.428 e. The van der Waals surface area contributed by atoms with Crippen LogP contribution >= 0.6 is 0 Å². The van der Waals surface area contributed by atoms with Gasteiger partial charge in [-0.2, -0.15) is 4.98 Å². The first-order valence-electron chi connectivity index (χ1n) is 6.85. The van der Waals surface area contributed by atoms with Crippen LogP contribution in [0.5, 0.6) is 0 Å². The summed E-state index contributed by atoms with van der Waals surface area (Å²) in [5.74, 6) is 1.94. The van der Waals surface area contributed by atoms with Crippen molar-refractivity contribution in [2.45, 2.75) is 38.5 Å². The summed E-state index contributed by atoms with van der Waals surface area (Å²) in [4.78, 5) is 4.52. The first-order valence-corrected chi connectivity index (χ1v) is 6.85. The number of oxazole rings is 1. The molecule has 1 aliphatic heterocycles. The fourth-order valence-corrected chi connectivity index (χ4v) is 2.77. The van der Waals surface area contributed by atoms with Gasteiger partial charge in [0.15, 0.2) is 0 Å². The summed E-state index contributed by atoms with van der Waals surface area (Å²) in [7, 11) is 0. The molecule has 17 heavy (non-hydrogen) atoms. The van der Waals surface area contributed by atoms with Crippen molar-refractivity contribution in [1.29, 1.82) is 0 Å². The normalized spacial score (nSPS) is 23.6.